The van der Waals surface area contributed by atoms with Crippen molar-refractivity contribution < 1.29 is 37.0 Å². The molecule has 8 nitrogen and oxygen atoms in total. The summed E-state index contributed by atoms with van der Waals surface area (Å²) < 4.78 is 60.6. The number of halogens is 3. The summed E-state index contributed by atoms with van der Waals surface area (Å²) >= 11 is 0. The van der Waals surface area contributed by atoms with Crippen molar-refractivity contribution in [3.8, 4) is 17.2 Å². The smallest absolute Gasteiger partial charge is 0.435 e. The fourth-order valence-corrected chi connectivity index (χ4v) is 5.12. The van der Waals surface area contributed by atoms with Gasteiger partial charge in [-0.3, -0.25) is 9.78 Å². The third-order valence-electron chi connectivity index (χ3n) is 7.04. The zero-order chi connectivity index (χ0) is 31.6. The number of benzene rings is 2. The molecule has 0 saturated carbocycles. The van der Waals surface area contributed by atoms with Crippen LogP contribution in [0.3, 0.4) is 0 Å². The van der Waals surface area contributed by atoms with E-state index in [1.807, 2.05) is 0 Å². The molecule has 1 atom stereocenters. The van der Waals surface area contributed by atoms with Crippen LogP contribution < -0.4 is 9.47 Å². The van der Waals surface area contributed by atoms with Crippen LogP contribution in [-0.4, -0.2) is 39.2 Å². The molecule has 2 heterocycles. The SMILES string of the molecule is COc1cncc(CC(=O)c2cccc(-n3nc(C(F)(F)F)c4c3C(Oc3ccc(C(=O)OC(C)(C)C)cc3)CCC4)c2)c1. The number of fused-ring (bicyclic) bond motifs is 1. The Balaban J connectivity index is 1.46. The van der Waals surface area contributed by atoms with Crippen LogP contribution in [0.4, 0.5) is 13.2 Å². The molecule has 0 N–H and O–H groups in total. The van der Waals surface area contributed by atoms with Gasteiger partial charge in [0, 0.05) is 23.7 Å². The minimum Gasteiger partial charge on any atom is -0.495 e. The molecule has 1 aliphatic rings. The standard InChI is InChI=1S/C33H32F3N3O5/c1-32(2,3)44-31(41)21-11-13-24(14-12-21)43-28-10-6-9-26-29(28)39(38-30(26)33(34,35)36)23-8-5-7-22(17-23)27(40)16-20-15-25(42-4)19-37-18-20/h5,7-8,11-15,17-19,28H,6,9-10,16H2,1-4H3. The average molecular weight is 608 g/mol. The van der Waals surface area contributed by atoms with E-state index in [0.29, 0.717) is 46.7 Å². The summed E-state index contributed by atoms with van der Waals surface area (Å²) in [6.07, 6.45) is -1.21. The van der Waals surface area contributed by atoms with Crippen LogP contribution in [0.15, 0.2) is 67.0 Å². The molecule has 44 heavy (non-hydrogen) atoms. The molecule has 0 bridgehead atoms. The number of nitrogens with zero attached hydrogens (tertiary/aromatic N) is 3. The van der Waals surface area contributed by atoms with Crippen molar-refractivity contribution in [3.63, 3.8) is 0 Å². The monoisotopic (exact) mass is 607 g/mol. The molecular weight excluding hydrogens is 575 g/mol. The first-order chi connectivity index (χ1) is 20.8. The van der Waals surface area contributed by atoms with E-state index < -0.39 is 29.5 Å². The molecule has 2 aromatic carbocycles. The molecule has 0 saturated heterocycles. The van der Waals surface area contributed by atoms with Gasteiger partial charge in [-0.1, -0.05) is 12.1 Å². The Morgan fingerprint density at radius 1 is 0.977 bits per heavy atom. The Labute approximate surface area is 252 Å². The Morgan fingerprint density at radius 3 is 2.41 bits per heavy atom. The second-order valence-electron chi connectivity index (χ2n) is 11.5. The molecule has 0 spiro atoms. The van der Waals surface area contributed by atoms with Gasteiger partial charge in [0.25, 0.3) is 0 Å². The number of alkyl halides is 3. The molecule has 0 fully saturated rings. The number of esters is 1. The highest BCUT2D eigenvalue weighted by atomic mass is 19.4. The molecule has 2 aromatic heterocycles. The molecule has 1 aliphatic carbocycles. The highest BCUT2D eigenvalue weighted by Gasteiger charge is 2.42. The quantitative estimate of drug-likeness (QED) is 0.155. The number of ketones is 1. The van der Waals surface area contributed by atoms with Crippen molar-refractivity contribution in [3.05, 3.63) is 101 Å². The maximum absolute atomic E-state index is 14.2. The Morgan fingerprint density at radius 2 is 1.73 bits per heavy atom. The summed E-state index contributed by atoms with van der Waals surface area (Å²) in [4.78, 5) is 29.7. The van der Waals surface area contributed by atoms with E-state index in [4.69, 9.17) is 14.2 Å². The molecule has 4 aromatic rings. The number of hydrogen-bond acceptors (Lipinski definition) is 7. The van der Waals surface area contributed by atoms with Gasteiger partial charge in [0.15, 0.2) is 11.5 Å². The van der Waals surface area contributed by atoms with Gasteiger partial charge in [-0.15, -0.1) is 0 Å². The minimum absolute atomic E-state index is 0.0314. The zero-order valence-corrected chi connectivity index (χ0v) is 24.8. The van der Waals surface area contributed by atoms with E-state index in [-0.39, 0.29) is 29.9 Å². The largest absolute Gasteiger partial charge is 0.495 e. The summed E-state index contributed by atoms with van der Waals surface area (Å²) in [5.74, 6) is 0.163. The first kappa shape index (κ1) is 30.8. The first-order valence-corrected chi connectivity index (χ1v) is 14.1. The van der Waals surface area contributed by atoms with Crippen molar-refractivity contribution >= 4 is 11.8 Å². The highest BCUT2D eigenvalue weighted by molar-refractivity contribution is 5.98. The lowest BCUT2D eigenvalue weighted by atomic mass is 9.92. The Kier molecular flexibility index (Phi) is 8.49. The zero-order valence-electron chi connectivity index (χ0n) is 24.8. The van der Waals surface area contributed by atoms with Crippen molar-refractivity contribution in [2.24, 2.45) is 0 Å². The van der Waals surface area contributed by atoms with Gasteiger partial charge >= 0.3 is 12.1 Å². The highest BCUT2D eigenvalue weighted by Crippen LogP contribution is 2.42. The maximum Gasteiger partial charge on any atom is 0.435 e. The van der Waals surface area contributed by atoms with Gasteiger partial charge in [-0.05, 0) is 88.1 Å². The van der Waals surface area contributed by atoms with Gasteiger partial charge in [-0.25, -0.2) is 9.48 Å². The van der Waals surface area contributed by atoms with Crippen LogP contribution in [0.5, 0.6) is 11.5 Å². The topological polar surface area (TPSA) is 92.5 Å². The van der Waals surface area contributed by atoms with Crippen molar-refractivity contribution in [1.82, 2.24) is 14.8 Å². The number of ether oxygens (including phenoxy) is 3. The summed E-state index contributed by atoms with van der Waals surface area (Å²) in [5.41, 5.74) is 0.304. The number of aromatic nitrogens is 3. The lowest BCUT2D eigenvalue weighted by Crippen LogP contribution is -2.23. The van der Waals surface area contributed by atoms with E-state index in [2.05, 4.69) is 10.1 Å². The second-order valence-corrected chi connectivity index (χ2v) is 11.5. The maximum atomic E-state index is 14.2. The molecule has 230 valence electrons. The molecule has 0 radical (unpaired) electrons. The lowest BCUT2D eigenvalue weighted by molar-refractivity contribution is -0.142. The van der Waals surface area contributed by atoms with Gasteiger partial charge < -0.3 is 14.2 Å². The van der Waals surface area contributed by atoms with Crippen molar-refractivity contribution in [1.29, 1.82) is 0 Å². The summed E-state index contributed by atoms with van der Waals surface area (Å²) in [7, 11) is 1.50. The lowest BCUT2D eigenvalue weighted by Gasteiger charge is -2.26. The number of carbonyl (C=O) groups is 2. The molecule has 11 heteroatoms. The Hall–Kier alpha value is -4.67. The number of Topliss-reactive ketones (excluding diaryl/α,β-unsaturated/α-hetero) is 1. The van der Waals surface area contributed by atoms with E-state index in [1.54, 1.807) is 75.5 Å². The number of hydrogen-bond donors (Lipinski definition) is 0. The van der Waals surface area contributed by atoms with Crippen LogP contribution in [0.2, 0.25) is 0 Å². The van der Waals surface area contributed by atoms with Gasteiger partial charge in [0.2, 0.25) is 0 Å². The van der Waals surface area contributed by atoms with Crippen LogP contribution in [0.1, 0.15) is 82.9 Å². The molecule has 0 aliphatic heterocycles. The number of carbonyl (C=O) groups excluding carboxylic acids is 2. The van der Waals surface area contributed by atoms with Gasteiger partial charge in [0.1, 0.15) is 23.2 Å². The fourth-order valence-electron chi connectivity index (χ4n) is 5.12. The first-order valence-electron chi connectivity index (χ1n) is 14.1. The van der Waals surface area contributed by atoms with E-state index in [1.165, 1.54) is 24.1 Å². The molecular formula is C33H32F3N3O5. The normalized spacial score (nSPS) is 14.9. The predicted octanol–water partition coefficient (Wildman–Crippen LogP) is 7.13. The fraction of sp³-hybridized carbons (Fsp3) is 0.333. The van der Waals surface area contributed by atoms with Crippen molar-refractivity contribution in [2.75, 3.05) is 7.11 Å². The van der Waals surface area contributed by atoms with Gasteiger partial charge in [-0.2, -0.15) is 18.3 Å². The van der Waals surface area contributed by atoms with Crippen molar-refractivity contribution in [2.45, 2.75) is 64.3 Å². The number of pyridine rings is 1. The van der Waals surface area contributed by atoms with E-state index >= 15 is 0 Å². The number of rotatable bonds is 8. The van der Waals surface area contributed by atoms with Crippen LogP contribution >= 0.6 is 0 Å². The van der Waals surface area contributed by atoms with Gasteiger partial charge in [0.05, 0.1) is 30.3 Å². The predicted molar refractivity (Wildman–Crippen MR) is 155 cm³/mol. The van der Waals surface area contributed by atoms with Crippen LogP contribution in [0.25, 0.3) is 5.69 Å². The third-order valence-corrected chi connectivity index (χ3v) is 7.04. The summed E-state index contributed by atoms with van der Waals surface area (Å²) in [5, 5.41) is 4.02. The average Bonchev–Trinajstić information content (AvgIpc) is 3.38. The second kappa shape index (κ2) is 12.1. The molecule has 1 unspecified atom stereocenters. The summed E-state index contributed by atoms with van der Waals surface area (Å²) in [6.45, 7) is 5.31. The molecule has 0 amide bonds. The third kappa shape index (κ3) is 6.93. The molecule has 5 rings (SSSR count). The van der Waals surface area contributed by atoms with E-state index in [9.17, 15) is 22.8 Å². The minimum atomic E-state index is -4.68. The summed E-state index contributed by atoms with van der Waals surface area (Å²) in [6, 6.07) is 14.4. The van der Waals surface area contributed by atoms with E-state index in [0.717, 1.165) is 0 Å². The number of methoxy groups -OCH3 is 1. The van der Waals surface area contributed by atoms with Crippen LogP contribution in [-0.2, 0) is 23.8 Å². The Bertz CT molecular complexity index is 1670. The van der Waals surface area contributed by atoms with Crippen LogP contribution in [0, 0.1) is 0 Å².